The molecular weight excluding hydrogens is 268 g/mol. The van der Waals surface area contributed by atoms with Crippen molar-refractivity contribution in [2.45, 2.75) is 13.8 Å². The average molecular weight is 286 g/mol. The Kier molecular flexibility index (Phi) is 4.71. The van der Waals surface area contributed by atoms with Crippen LogP contribution in [0.3, 0.4) is 0 Å². The van der Waals surface area contributed by atoms with Gasteiger partial charge in [-0.15, -0.1) is 0 Å². The topological polar surface area (TPSA) is 68.6 Å². The van der Waals surface area contributed by atoms with Gasteiger partial charge in [0.2, 0.25) is 5.95 Å². The Morgan fingerprint density at radius 2 is 1.52 bits per heavy atom. The van der Waals surface area contributed by atoms with Gasteiger partial charge in [-0.05, 0) is 32.0 Å². The van der Waals surface area contributed by atoms with E-state index in [0.717, 1.165) is 17.0 Å². The first-order chi connectivity index (χ1) is 10.1. The minimum Gasteiger partial charge on any atom is -0.497 e. The molecule has 1 heterocycles. The van der Waals surface area contributed by atoms with E-state index in [1.54, 1.807) is 26.5 Å². The number of benzene rings is 1. The van der Waals surface area contributed by atoms with Crippen molar-refractivity contribution in [2.24, 2.45) is 5.10 Å². The van der Waals surface area contributed by atoms with Crippen LogP contribution in [0.4, 0.5) is 5.95 Å². The van der Waals surface area contributed by atoms with Crippen molar-refractivity contribution in [1.82, 2.24) is 9.97 Å². The Bertz CT molecular complexity index is 614. The average Bonchev–Trinajstić information content (AvgIpc) is 2.45. The van der Waals surface area contributed by atoms with Crippen LogP contribution in [0, 0.1) is 13.8 Å². The maximum atomic E-state index is 5.21. The highest BCUT2D eigenvalue weighted by Gasteiger charge is 2.00. The molecule has 1 N–H and O–H groups in total. The van der Waals surface area contributed by atoms with E-state index >= 15 is 0 Å². The van der Waals surface area contributed by atoms with Crippen molar-refractivity contribution in [3.05, 3.63) is 41.2 Å². The molecule has 0 bridgehead atoms. The molecule has 1 aromatic heterocycles. The second kappa shape index (κ2) is 6.69. The summed E-state index contributed by atoms with van der Waals surface area (Å²) in [5.74, 6) is 1.88. The van der Waals surface area contributed by atoms with E-state index in [9.17, 15) is 0 Å². The van der Waals surface area contributed by atoms with Crippen molar-refractivity contribution < 1.29 is 9.47 Å². The van der Waals surface area contributed by atoms with Crippen LogP contribution in [0.15, 0.2) is 29.4 Å². The fourth-order valence-electron chi connectivity index (χ4n) is 1.84. The van der Waals surface area contributed by atoms with Gasteiger partial charge < -0.3 is 9.47 Å². The molecule has 110 valence electrons. The lowest BCUT2D eigenvalue weighted by Crippen LogP contribution is -2.00. The molecule has 0 saturated heterocycles. The molecule has 0 unspecified atom stereocenters. The van der Waals surface area contributed by atoms with E-state index in [1.165, 1.54) is 0 Å². The summed E-state index contributed by atoms with van der Waals surface area (Å²) in [6, 6.07) is 7.42. The highest BCUT2D eigenvalue weighted by Crippen LogP contribution is 2.21. The summed E-state index contributed by atoms with van der Waals surface area (Å²) < 4.78 is 10.4. The second-order valence-electron chi connectivity index (χ2n) is 4.49. The molecule has 6 heteroatoms. The normalized spacial score (nSPS) is 10.7. The van der Waals surface area contributed by atoms with Gasteiger partial charge in [-0.3, -0.25) is 0 Å². The summed E-state index contributed by atoms with van der Waals surface area (Å²) in [7, 11) is 3.22. The van der Waals surface area contributed by atoms with E-state index in [2.05, 4.69) is 20.5 Å². The zero-order valence-corrected chi connectivity index (χ0v) is 12.5. The van der Waals surface area contributed by atoms with E-state index in [0.29, 0.717) is 17.4 Å². The molecule has 0 aliphatic rings. The van der Waals surface area contributed by atoms with Crippen LogP contribution < -0.4 is 14.9 Å². The molecule has 6 nitrogen and oxygen atoms in total. The SMILES string of the molecule is COc1cc(/C=N\Nc2nc(C)cc(C)n2)cc(OC)c1. The first kappa shape index (κ1) is 14.8. The highest BCUT2D eigenvalue weighted by molar-refractivity contribution is 5.81. The Hall–Kier alpha value is -2.63. The zero-order chi connectivity index (χ0) is 15.2. The predicted molar refractivity (Wildman–Crippen MR) is 82.3 cm³/mol. The number of aryl methyl sites for hydroxylation is 2. The van der Waals surface area contributed by atoms with Gasteiger partial charge in [-0.1, -0.05) is 0 Å². The molecule has 0 amide bonds. The fraction of sp³-hybridized carbons (Fsp3) is 0.267. The van der Waals surface area contributed by atoms with Crippen LogP contribution in [-0.2, 0) is 0 Å². The first-order valence-corrected chi connectivity index (χ1v) is 6.45. The van der Waals surface area contributed by atoms with Crippen LogP contribution in [-0.4, -0.2) is 30.4 Å². The van der Waals surface area contributed by atoms with E-state index in [4.69, 9.17) is 9.47 Å². The number of hydrogen-bond acceptors (Lipinski definition) is 6. The van der Waals surface area contributed by atoms with Crippen molar-refractivity contribution in [3.8, 4) is 11.5 Å². The van der Waals surface area contributed by atoms with Crippen LogP contribution in [0.2, 0.25) is 0 Å². The third-order valence-electron chi connectivity index (χ3n) is 2.73. The van der Waals surface area contributed by atoms with Gasteiger partial charge in [0, 0.05) is 23.0 Å². The smallest absolute Gasteiger partial charge is 0.243 e. The number of aromatic nitrogens is 2. The molecule has 0 aliphatic carbocycles. The Balaban J connectivity index is 2.13. The third-order valence-corrected chi connectivity index (χ3v) is 2.73. The molecule has 0 aliphatic heterocycles. The number of hydrogen-bond donors (Lipinski definition) is 1. The quantitative estimate of drug-likeness (QED) is 0.675. The van der Waals surface area contributed by atoms with Crippen LogP contribution in [0.5, 0.6) is 11.5 Å². The monoisotopic (exact) mass is 286 g/mol. The Labute approximate surface area is 123 Å². The van der Waals surface area contributed by atoms with Gasteiger partial charge in [-0.2, -0.15) is 5.10 Å². The van der Waals surface area contributed by atoms with E-state index < -0.39 is 0 Å². The standard InChI is InChI=1S/C15H18N4O2/c1-10-5-11(2)18-15(17-10)19-16-9-12-6-13(20-3)8-14(7-12)21-4/h5-9H,1-4H3,(H,17,18,19)/b16-9-. The van der Waals surface area contributed by atoms with E-state index in [-0.39, 0.29) is 0 Å². The van der Waals surface area contributed by atoms with Gasteiger partial charge in [0.05, 0.1) is 20.4 Å². The van der Waals surface area contributed by atoms with Gasteiger partial charge >= 0.3 is 0 Å². The summed E-state index contributed by atoms with van der Waals surface area (Å²) in [5.41, 5.74) is 5.45. The number of anilines is 1. The van der Waals surface area contributed by atoms with Crippen LogP contribution in [0.1, 0.15) is 17.0 Å². The molecule has 2 rings (SSSR count). The lowest BCUT2D eigenvalue weighted by molar-refractivity contribution is 0.394. The van der Waals surface area contributed by atoms with Crippen molar-refractivity contribution in [3.63, 3.8) is 0 Å². The van der Waals surface area contributed by atoms with Crippen LogP contribution in [0.25, 0.3) is 0 Å². The summed E-state index contributed by atoms with van der Waals surface area (Å²) in [5, 5.41) is 4.13. The van der Waals surface area contributed by atoms with Crippen molar-refractivity contribution in [2.75, 3.05) is 19.6 Å². The minimum absolute atomic E-state index is 0.471. The molecule has 2 aromatic rings. The van der Waals surface area contributed by atoms with Gasteiger partial charge in [0.15, 0.2) is 0 Å². The number of ether oxygens (including phenoxy) is 2. The zero-order valence-electron chi connectivity index (χ0n) is 12.5. The first-order valence-electron chi connectivity index (χ1n) is 6.45. The molecule has 0 saturated carbocycles. The molecule has 0 radical (unpaired) electrons. The van der Waals surface area contributed by atoms with Gasteiger partial charge in [0.1, 0.15) is 11.5 Å². The Morgan fingerprint density at radius 1 is 0.952 bits per heavy atom. The molecule has 0 spiro atoms. The maximum Gasteiger partial charge on any atom is 0.243 e. The number of hydrazone groups is 1. The number of nitrogens with zero attached hydrogens (tertiary/aromatic N) is 3. The van der Waals surface area contributed by atoms with Gasteiger partial charge in [0.25, 0.3) is 0 Å². The molecule has 0 atom stereocenters. The van der Waals surface area contributed by atoms with Crippen molar-refractivity contribution in [1.29, 1.82) is 0 Å². The van der Waals surface area contributed by atoms with Crippen LogP contribution >= 0.6 is 0 Å². The summed E-state index contributed by atoms with van der Waals surface area (Å²) in [6.07, 6.45) is 1.66. The number of rotatable bonds is 5. The fourth-order valence-corrected chi connectivity index (χ4v) is 1.84. The lowest BCUT2D eigenvalue weighted by Gasteiger charge is -2.05. The van der Waals surface area contributed by atoms with Gasteiger partial charge in [-0.25, -0.2) is 15.4 Å². The third kappa shape index (κ3) is 4.17. The predicted octanol–water partition coefficient (Wildman–Crippen LogP) is 2.56. The Morgan fingerprint density at radius 3 is 2.05 bits per heavy atom. The lowest BCUT2D eigenvalue weighted by atomic mass is 10.2. The summed E-state index contributed by atoms with van der Waals surface area (Å²) in [4.78, 5) is 8.49. The maximum absolute atomic E-state index is 5.21. The highest BCUT2D eigenvalue weighted by atomic mass is 16.5. The second-order valence-corrected chi connectivity index (χ2v) is 4.49. The molecule has 21 heavy (non-hydrogen) atoms. The number of nitrogens with one attached hydrogen (secondary N) is 1. The largest absolute Gasteiger partial charge is 0.497 e. The summed E-state index contributed by atoms with van der Waals surface area (Å²) >= 11 is 0. The summed E-state index contributed by atoms with van der Waals surface area (Å²) in [6.45, 7) is 3.83. The molecular formula is C15H18N4O2. The molecule has 0 fully saturated rings. The molecule has 1 aromatic carbocycles. The minimum atomic E-state index is 0.471. The number of methoxy groups -OCH3 is 2. The van der Waals surface area contributed by atoms with Crippen molar-refractivity contribution >= 4 is 12.2 Å². The van der Waals surface area contributed by atoms with E-state index in [1.807, 2.05) is 32.0 Å².